The monoisotopic (exact) mass is 873 g/mol. The van der Waals surface area contributed by atoms with Gasteiger partial charge in [0.2, 0.25) is 0 Å². The van der Waals surface area contributed by atoms with Crippen LogP contribution in [0.2, 0.25) is 43.8 Å². The molecule has 2 atom stereocenters. The van der Waals surface area contributed by atoms with Crippen LogP contribution >= 0.6 is 0 Å². The fourth-order valence-electron chi connectivity index (χ4n) is 8.62. The average molecular weight is 874 g/mol. The van der Waals surface area contributed by atoms with E-state index in [2.05, 4.69) is 33.5 Å². The summed E-state index contributed by atoms with van der Waals surface area (Å²) in [6.07, 6.45) is 43.7. The number of hydrogen-bond donors (Lipinski definition) is 2. The molecular formula is C48H100O7Si3. The fourth-order valence-corrected chi connectivity index (χ4v) is 23.0. The third kappa shape index (κ3) is 37.3. The molecule has 0 rings (SSSR count). The summed E-state index contributed by atoms with van der Waals surface area (Å²) in [5.41, 5.74) is 0. The van der Waals surface area contributed by atoms with E-state index in [1.165, 1.54) is 180 Å². The minimum Gasteiger partial charge on any atom is -0.481 e. The van der Waals surface area contributed by atoms with E-state index < -0.39 is 37.4 Å². The van der Waals surface area contributed by atoms with Gasteiger partial charge in [0.25, 0.3) is 0 Å². The van der Waals surface area contributed by atoms with E-state index in [1.807, 2.05) is 0 Å². The Morgan fingerprint density at radius 3 is 0.862 bits per heavy atom. The van der Waals surface area contributed by atoms with E-state index in [0.717, 1.165) is 37.8 Å². The quantitative estimate of drug-likeness (QED) is 0.0464. The highest BCUT2D eigenvalue weighted by molar-refractivity contribution is 6.87. The minimum atomic E-state index is -2.86. The second-order valence-corrected chi connectivity index (χ2v) is 30.9. The third-order valence-corrected chi connectivity index (χ3v) is 24.1. The summed E-state index contributed by atoms with van der Waals surface area (Å²) >= 11 is 0. The lowest BCUT2D eigenvalue weighted by atomic mass is 10.0. The molecule has 0 radical (unpaired) electrons. The molecule has 10 heteroatoms. The van der Waals surface area contributed by atoms with Gasteiger partial charge in [0.1, 0.15) is 0 Å². The number of hydrogen-bond acceptors (Lipinski definition) is 5. The molecule has 2 N–H and O–H groups in total. The molecule has 0 aromatic carbocycles. The van der Waals surface area contributed by atoms with Crippen LogP contribution in [0.15, 0.2) is 0 Å². The lowest BCUT2D eigenvalue weighted by molar-refractivity contribution is -0.138. The van der Waals surface area contributed by atoms with Crippen LogP contribution in [-0.4, -0.2) is 54.7 Å². The molecule has 0 saturated heterocycles. The van der Waals surface area contributed by atoms with Crippen molar-refractivity contribution >= 4 is 37.4 Å². The van der Waals surface area contributed by atoms with Crippen molar-refractivity contribution in [3.8, 4) is 0 Å². The summed E-state index contributed by atoms with van der Waals surface area (Å²) < 4.78 is 21.0. The van der Waals surface area contributed by atoms with Crippen LogP contribution < -0.4 is 0 Å². The Bertz CT molecular complexity index is 933. The molecule has 2 unspecified atom stereocenters. The maximum atomic E-state index is 11.7. The average Bonchev–Trinajstić information content (AvgIpc) is 3.16. The molecule has 0 aromatic heterocycles. The van der Waals surface area contributed by atoms with E-state index in [-0.39, 0.29) is 12.8 Å². The molecule has 0 heterocycles. The number of carboxylic acids is 2. The number of carboxylic acid groups (broad SMARTS) is 2. The topological polar surface area (TPSA) is 102 Å². The van der Waals surface area contributed by atoms with Gasteiger partial charge in [-0.2, -0.15) is 0 Å². The predicted octanol–water partition coefficient (Wildman–Crippen LogP) is 16.6. The normalized spacial score (nSPS) is 14.1. The lowest BCUT2D eigenvalue weighted by Gasteiger charge is -2.43. The Morgan fingerprint density at radius 1 is 0.362 bits per heavy atom. The van der Waals surface area contributed by atoms with Crippen molar-refractivity contribution in [3.63, 3.8) is 0 Å². The first-order valence-electron chi connectivity index (χ1n) is 25.3. The summed E-state index contributed by atoms with van der Waals surface area (Å²) in [4.78, 5) is 23.3. The highest BCUT2D eigenvalue weighted by Gasteiger charge is 2.49. The van der Waals surface area contributed by atoms with Gasteiger partial charge in [-0.3, -0.25) is 9.59 Å². The van der Waals surface area contributed by atoms with Crippen LogP contribution in [0.1, 0.15) is 245 Å². The molecule has 58 heavy (non-hydrogen) atoms. The van der Waals surface area contributed by atoms with Gasteiger partial charge in [-0.25, -0.2) is 0 Å². The molecule has 0 spiro atoms. The van der Waals surface area contributed by atoms with E-state index in [4.69, 9.17) is 12.7 Å². The van der Waals surface area contributed by atoms with Crippen LogP contribution in [0.4, 0.5) is 0 Å². The standard InChI is InChI=1S/C48H100O7Si3/c1-7-9-11-13-15-17-19-21-23-25-27-29-31-33-35-37-43-57(53-3,45-39-41-47(49)50)55-58(54-56(4,5)6,46-40-42-48(51)52)44-38-36-34-32-30-28-26-24-22-20-18-16-14-12-10-8-2/h7-46H2,1-6H3,(H,49,50)(H,51,52). The smallest absolute Gasteiger partial charge is 0.329 e. The second kappa shape index (κ2) is 39.3. The van der Waals surface area contributed by atoms with Gasteiger partial charge >= 0.3 is 29.1 Å². The largest absolute Gasteiger partial charge is 0.481 e. The van der Waals surface area contributed by atoms with E-state index >= 15 is 0 Å². The SMILES string of the molecule is CCCCCCCCCCCCCCCCCC[Si](CCCC(=O)O)(OC)O[Si](CCCCCCCCCCCCCCCCCC)(CCCC(=O)O)O[Si](C)(C)C. The number of aliphatic carboxylic acids is 2. The van der Waals surface area contributed by atoms with Crippen LogP contribution in [-0.2, 0) is 22.2 Å². The Balaban J connectivity index is 5.12. The molecule has 346 valence electrons. The molecule has 0 aliphatic rings. The van der Waals surface area contributed by atoms with Crippen molar-refractivity contribution in [1.82, 2.24) is 0 Å². The van der Waals surface area contributed by atoms with Crippen LogP contribution in [0.5, 0.6) is 0 Å². The fraction of sp³-hybridized carbons (Fsp3) is 0.958. The lowest BCUT2D eigenvalue weighted by Crippen LogP contribution is -2.58. The van der Waals surface area contributed by atoms with E-state index in [9.17, 15) is 19.8 Å². The molecule has 0 amide bonds. The zero-order chi connectivity index (χ0) is 43.1. The zero-order valence-corrected chi connectivity index (χ0v) is 42.7. The van der Waals surface area contributed by atoms with Crippen molar-refractivity contribution < 1.29 is 32.5 Å². The summed E-state index contributed by atoms with van der Waals surface area (Å²) in [5, 5.41) is 19.1. The molecule has 0 aliphatic carbocycles. The Kier molecular flexibility index (Phi) is 39.0. The van der Waals surface area contributed by atoms with E-state index in [1.54, 1.807) is 7.11 Å². The Labute approximate surface area is 364 Å². The summed E-state index contributed by atoms with van der Waals surface area (Å²) in [7, 11) is -5.96. The Morgan fingerprint density at radius 2 is 0.603 bits per heavy atom. The van der Waals surface area contributed by atoms with Gasteiger partial charge in [-0.15, -0.1) is 0 Å². The second-order valence-electron chi connectivity index (χ2n) is 18.9. The first-order valence-corrected chi connectivity index (χ1v) is 33.2. The third-order valence-electron chi connectivity index (χ3n) is 12.0. The summed E-state index contributed by atoms with van der Waals surface area (Å²) in [5.74, 6) is -1.55. The van der Waals surface area contributed by atoms with E-state index in [0.29, 0.717) is 24.9 Å². The molecule has 0 aromatic rings. The molecule has 0 aliphatic heterocycles. The van der Waals surface area contributed by atoms with Crippen molar-refractivity contribution in [2.45, 2.75) is 289 Å². The first-order chi connectivity index (χ1) is 27.9. The Hall–Kier alpha value is -0.529. The molecule has 0 bridgehead atoms. The minimum absolute atomic E-state index is 0.113. The van der Waals surface area contributed by atoms with Crippen LogP contribution in [0.3, 0.4) is 0 Å². The number of rotatable bonds is 47. The van der Waals surface area contributed by atoms with Crippen molar-refractivity contribution in [2.24, 2.45) is 0 Å². The van der Waals surface area contributed by atoms with Gasteiger partial charge < -0.3 is 22.9 Å². The number of carbonyl (C=O) groups is 2. The highest BCUT2D eigenvalue weighted by atomic mass is 28.5. The van der Waals surface area contributed by atoms with Gasteiger partial charge in [-0.05, 0) is 56.7 Å². The van der Waals surface area contributed by atoms with Gasteiger partial charge in [0, 0.05) is 20.0 Å². The van der Waals surface area contributed by atoms with Gasteiger partial charge in [-0.1, -0.05) is 219 Å². The van der Waals surface area contributed by atoms with Gasteiger partial charge in [0.05, 0.1) is 0 Å². The molecular weight excluding hydrogens is 773 g/mol. The molecule has 0 fully saturated rings. The van der Waals surface area contributed by atoms with Crippen LogP contribution in [0, 0.1) is 0 Å². The van der Waals surface area contributed by atoms with Crippen molar-refractivity contribution in [1.29, 1.82) is 0 Å². The van der Waals surface area contributed by atoms with Gasteiger partial charge in [0.15, 0.2) is 8.32 Å². The first kappa shape index (κ1) is 57.5. The number of unbranched alkanes of at least 4 members (excludes halogenated alkanes) is 30. The van der Waals surface area contributed by atoms with Crippen LogP contribution in [0.25, 0.3) is 0 Å². The summed E-state index contributed by atoms with van der Waals surface area (Å²) in [6, 6.07) is 3.03. The predicted molar refractivity (Wildman–Crippen MR) is 256 cm³/mol. The van der Waals surface area contributed by atoms with Crippen molar-refractivity contribution in [3.05, 3.63) is 0 Å². The maximum absolute atomic E-state index is 11.7. The molecule has 7 nitrogen and oxygen atoms in total. The highest BCUT2D eigenvalue weighted by Crippen LogP contribution is 2.36. The summed E-state index contributed by atoms with van der Waals surface area (Å²) in [6.45, 7) is 11.2. The zero-order valence-electron chi connectivity index (χ0n) is 39.7. The van der Waals surface area contributed by atoms with Crippen molar-refractivity contribution in [2.75, 3.05) is 7.11 Å². The maximum Gasteiger partial charge on any atom is 0.329 e. The molecule has 0 saturated carbocycles.